The maximum Gasteiger partial charge on any atom is 0.193 e. The zero-order valence-electron chi connectivity index (χ0n) is 17.2. The molecule has 0 aliphatic carbocycles. The summed E-state index contributed by atoms with van der Waals surface area (Å²) in [6, 6.07) is 10.5. The van der Waals surface area contributed by atoms with Crippen molar-refractivity contribution in [3.8, 4) is 0 Å². The van der Waals surface area contributed by atoms with Crippen molar-refractivity contribution < 1.29 is 0 Å². The number of halogens is 1. The Balaban J connectivity index is 0.00000280. The highest BCUT2D eigenvalue weighted by Gasteiger charge is 2.26. The van der Waals surface area contributed by atoms with Crippen molar-refractivity contribution in [3.05, 3.63) is 48.3 Å². The van der Waals surface area contributed by atoms with Crippen LogP contribution in [-0.2, 0) is 7.05 Å². The summed E-state index contributed by atoms with van der Waals surface area (Å²) in [6.45, 7) is 6.94. The lowest BCUT2D eigenvalue weighted by molar-refractivity contribution is 0.485. The van der Waals surface area contributed by atoms with Gasteiger partial charge < -0.3 is 15.1 Å². The molecule has 1 atom stereocenters. The monoisotopic (exact) mass is 496 g/mol. The first-order chi connectivity index (χ1) is 13.2. The minimum absolute atomic E-state index is 0. The normalized spacial score (nSPS) is 16.8. The Kier molecular flexibility index (Phi) is 9.08. The lowest BCUT2D eigenvalue weighted by atomic mass is 10.0. The second-order valence-corrected chi connectivity index (χ2v) is 7.23. The first kappa shape index (κ1) is 22.5. The van der Waals surface area contributed by atoms with Crippen molar-refractivity contribution in [1.82, 2.24) is 20.0 Å². The van der Waals surface area contributed by atoms with E-state index in [1.54, 1.807) is 0 Å². The van der Waals surface area contributed by atoms with Crippen LogP contribution >= 0.6 is 24.0 Å². The SMILES string of the molecule is CCNC(=NCCCN(C)c1ccccc1)N1CCC(c2cnn(C)c2)C1.I. The van der Waals surface area contributed by atoms with E-state index in [1.807, 2.05) is 17.9 Å². The highest BCUT2D eigenvalue weighted by atomic mass is 127. The number of aliphatic imine (C=N–C) groups is 1. The number of rotatable bonds is 7. The summed E-state index contributed by atoms with van der Waals surface area (Å²) in [5.74, 6) is 1.60. The molecule has 7 heteroatoms. The number of benzene rings is 1. The van der Waals surface area contributed by atoms with Gasteiger partial charge in [0, 0.05) is 64.6 Å². The molecule has 2 heterocycles. The Morgan fingerprint density at radius 1 is 1.32 bits per heavy atom. The molecular formula is C21H33IN6. The van der Waals surface area contributed by atoms with Gasteiger partial charge in [-0.1, -0.05) is 18.2 Å². The summed E-state index contributed by atoms with van der Waals surface area (Å²) in [5.41, 5.74) is 2.59. The van der Waals surface area contributed by atoms with Crippen molar-refractivity contribution >= 4 is 35.6 Å². The molecule has 1 aromatic heterocycles. The minimum atomic E-state index is 0. The van der Waals surface area contributed by atoms with Gasteiger partial charge in [-0.05, 0) is 37.5 Å². The first-order valence-electron chi connectivity index (χ1n) is 9.95. The van der Waals surface area contributed by atoms with Crippen LogP contribution in [0.1, 0.15) is 31.2 Å². The fraction of sp³-hybridized carbons (Fsp3) is 0.524. The number of guanidine groups is 1. The first-order valence-corrected chi connectivity index (χ1v) is 9.95. The largest absolute Gasteiger partial charge is 0.375 e. The predicted octanol–water partition coefficient (Wildman–Crippen LogP) is 3.32. The topological polar surface area (TPSA) is 48.7 Å². The molecule has 1 aliphatic rings. The molecule has 0 amide bonds. The van der Waals surface area contributed by atoms with Gasteiger partial charge in [0.1, 0.15) is 0 Å². The molecule has 0 radical (unpaired) electrons. The van der Waals surface area contributed by atoms with Crippen molar-refractivity contribution in [2.24, 2.45) is 12.0 Å². The molecule has 0 saturated carbocycles. The molecule has 1 aliphatic heterocycles. The van der Waals surface area contributed by atoms with Gasteiger partial charge >= 0.3 is 0 Å². The van der Waals surface area contributed by atoms with Crippen LogP contribution in [0.3, 0.4) is 0 Å². The lowest BCUT2D eigenvalue weighted by Gasteiger charge is -2.22. The van der Waals surface area contributed by atoms with Crippen LogP contribution < -0.4 is 10.2 Å². The van der Waals surface area contributed by atoms with E-state index in [0.717, 1.165) is 51.5 Å². The van der Waals surface area contributed by atoms with E-state index >= 15 is 0 Å². The van der Waals surface area contributed by atoms with Gasteiger partial charge in [-0.25, -0.2) is 0 Å². The van der Waals surface area contributed by atoms with Gasteiger partial charge in [0.15, 0.2) is 5.96 Å². The zero-order chi connectivity index (χ0) is 19.1. The summed E-state index contributed by atoms with van der Waals surface area (Å²) < 4.78 is 1.89. The summed E-state index contributed by atoms with van der Waals surface area (Å²) in [4.78, 5) is 9.56. The van der Waals surface area contributed by atoms with E-state index in [1.165, 1.54) is 11.3 Å². The maximum atomic E-state index is 4.88. The van der Waals surface area contributed by atoms with Gasteiger partial charge in [0.25, 0.3) is 0 Å². The molecule has 1 saturated heterocycles. The number of hydrogen-bond donors (Lipinski definition) is 1. The molecule has 2 aromatic rings. The standard InChI is InChI=1S/C21H32N6.HI/c1-4-22-21(23-12-8-13-25(2)20-9-6-5-7-10-20)27-14-11-18(17-27)19-15-24-26(3)16-19;/h5-7,9-10,15-16,18H,4,8,11-14,17H2,1-3H3,(H,22,23);1H. The Bertz CT molecular complexity index is 730. The van der Waals surface area contributed by atoms with Crippen molar-refractivity contribution in [2.45, 2.75) is 25.7 Å². The quantitative estimate of drug-likeness (QED) is 0.277. The van der Waals surface area contributed by atoms with E-state index in [4.69, 9.17) is 4.99 Å². The highest BCUT2D eigenvalue weighted by molar-refractivity contribution is 14.0. The molecule has 0 spiro atoms. The van der Waals surface area contributed by atoms with Gasteiger partial charge in [0.2, 0.25) is 0 Å². The minimum Gasteiger partial charge on any atom is -0.375 e. The van der Waals surface area contributed by atoms with Crippen molar-refractivity contribution in [3.63, 3.8) is 0 Å². The number of hydrogen-bond acceptors (Lipinski definition) is 3. The number of nitrogens with one attached hydrogen (secondary N) is 1. The summed E-state index contributed by atoms with van der Waals surface area (Å²) in [7, 11) is 4.12. The number of aromatic nitrogens is 2. The zero-order valence-corrected chi connectivity index (χ0v) is 19.5. The molecule has 28 heavy (non-hydrogen) atoms. The lowest BCUT2D eigenvalue weighted by Crippen LogP contribution is -2.40. The Morgan fingerprint density at radius 2 is 2.11 bits per heavy atom. The van der Waals surface area contributed by atoms with Crippen LogP contribution in [0.25, 0.3) is 0 Å². The van der Waals surface area contributed by atoms with E-state index in [-0.39, 0.29) is 24.0 Å². The molecule has 3 rings (SSSR count). The van der Waals surface area contributed by atoms with Crippen LogP contribution in [0.5, 0.6) is 0 Å². The van der Waals surface area contributed by atoms with Crippen molar-refractivity contribution in [1.29, 1.82) is 0 Å². The number of likely N-dealkylation sites (tertiary alicyclic amines) is 1. The molecule has 154 valence electrons. The molecule has 0 bridgehead atoms. The summed E-state index contributed by atoms with van der Waals surface area (Å²) in [5, 5.41) is 7.78. The number of aryl methyl sites for hydroxylation is 1. The van der Waals surface area contributed by atoms with Crippen LogP contribution in [0, 0.1) is 0 Å². The van der Waals surface area contributed by atoms with E-state index in [9.17, 15) is 0 Å². The van der Waals surface area contributed by atoms with Crippen molar-refractivity contribution in [2.75, 3.05) is 44.7 Å². The Hall–Kier alpha value is -1.77. The van der Waals surface area contributed by atoms with Gasteiger partial charge in [-0.3, -0.25) is 9.67 Å². The van der Waals surface area contributed by atoms with Gasteiger partial charge in [0.05, 0.1) is 6.20 Å². The van der Waals surface area contributed by atoms with Gasteiger partial charge in [-0.15, -0.1) is 24.0 Å². The molecule has 1 aromatic carbocycles. The molecule has 1 N–H and O–H groups in total. The smallest absolute Gasteiger partial charge is 0.193 e. The fourth-order valence-electron chi connectivity index (χ4n) is 3.61. The van der Waals surface area contributed by atoms with Crippen LogP contribution in [-0.4, -0.2) is 60.4 Å². The van der Waals surface area contributed by atoms with E-state index in [0.29, 0.717) is 5.92 Å². The van der Waals surface area contributed by atoms with E-state index < -0.39 is 0 Å². The van der Waals surface area contributed by atoms with E-state index in [2.05, 4.69) is 70.7 Å². The summed E-state index contributed by atoms with van der Waals surface area (Å²) in [6.07, 6.45) is 6.34. The highest BCUT2D eigenvalue weighted by Crippen LogP contribution is 2.26. The molecule has 1 fully saturated rings. The second-order valence-electron chi connectivity index (χ2n) is 7.23. The number of anilines is 1. The second kappa shape index (κ2) is 11.3. The number of para-hydroxylation sites is 1. The molecular weight excluding hydrogens is 463 g/mol. The third-order valence-corrected chi connectivity index (χ3v) is 5.13. The fourth-order valence-corrected chi connectivity index (χ4v) is 3.61. The third kappa shape index (κ3) is 6.12. The summed E-state index contributed by atoms with van der Waals surface area (Å²) >= 11 is 0. The van der Waals surface area contributed by atoms with Crippen LogP contribution in [0.4, 0.5) is 5.69 Å². The Labute approximate surface area is 186 Å². The maximum absolute atomic E-state index is 4.88. The average Bonchev–Trinajstić information content (AvgIpc) is 3.34. The molecule has 6 nitrogen and oxygen atoms in total. The van der Waals surface area contributed by atoms with Crippen LogP contribution in [0.15, 0.2) is 47.7 Å². The van der Waals surface area contributed by atoms with Gasteiger partial charge in [-0.2, -0.15) is 5.10 Å². The number of nitrogens with zero attached hydrogens (tertiary/aromatic N) is 5. The average molecular weight is 496 g/mol. The third-order valence-electron chi connectivity index (χ3n) is 5.13. The van der Waals surface area contributed by atoms with Crippen LogP contribution in [0.2, 0.25) is 0 Å². The molecule has 1 unspecified atom stereocenters. The predicted molar refractivity (Wildman–Crippen MR) is 128 cm³/mol. The Morgan fingerprint density at radius 3 is 2.79 bits per heavy atom.